The van der Waals surface area contributed by atoms with E-state index < -0.39 is 0 Å². The number of para-hydroxylation sites is 1. The fraction of sp³-hybridized carbons (Fsp3) is 0.526. The van der Waals surface area contributed by atoms with Gasteiger partial charge in [-0.05, 0) is 58.6 Å². The summed E-state index contributed by atoms with van der Waals surface area (Å²) in [6, 6.07) is 9.07. The highest BCUT2D eigenvalue weighted by Crippen LogP contribution is 2.30. The second kappa shape index (κ2) is 7.48. The van der Waals surface area contributed by atoms with Crippen LogP contribution < -0.4 is 10.6 Å². The Balaban J connectivity index is 1.89. The zero-order chi connectivity index (χ0) is 17.7. The number of nitrogens with one attached hydrogen (secondary N) is 2. The van der Waals surface area contributed by atoms with E-state index in [9.17, 15) is 9.59 Å². The maximum Gasteiger partial charge on any atom is 0.227 e. The highest BCUT2D eigenvalue weighted by atomic mass is 16.2. The summed E-state index contributed by atoms with van der Waals surface area (Å²) >= 11 is 0. The Morgan fingerprint density at radius 1 is 1.04 bits per heavy atom. The minimum Gasteiger partial charge on any atom is -0.351 e. The van der Waals surface area contributed by atoms with Gasteiger partial charge in [-0.1, -0.05) is 12.1 Å². The Morgan fingerprint density at radius 3 is 2.12 bits per heavy atom. The monoisotopic (exact) mass is 327 g/mol. The van der Waals surface area contributed by atoms with Gasteiger partial charge in [-0.3, -0.25) is 9.59 Å². The van der Waals surface area contributed by atoms with Crippen molar-refractivity contribution in [1.82, 2.24) is 5.32 Å². The molecule has 0 atom stereocenters. The third-order valence-electron chi connectivity index (χ3n) is 4.27. The molecule has 1 aliphatic carbocycles. The number of carbonyl (C=O) groups excluding carboxylic acids is 2. The van der Waals surface area contributed by atoms with E-state index in [4.69, 9.17) is 5.26 Å². The van der Waals surface area contributed by atoms with Crippen LogP contribution in [0.25, 0.3) is 0 Å². The van der Waals surface area contributed by atoms with Gasteiger partial charge in [-0.25, -0.2) is 0 Å². The number of amides is 2. The van der Waals surface area contributed by atoms with Crippen molar-refractivity contribution in [3.8, 4) is 6.07 Å². The summed E-state index contributed by atoms with van der Waals surface area (Å²) in [5, 5.41) is 14.9. The van der Waals surface area contributed by atoms with Gasteiger partial charge in [0.2, 0.25) is 11.8 Å². The number of anilines is 1. The Morgan fingerprint density at radius 2 is 1.58 bits per heavy atom. The van der Waals surface area contributed by atoms with Gasteiger partial charge in [0, 0.05) is 17.4 Å². The van der Waals surface area contributed by atoms with E-state index >= 15 is 0 Å². The fourth-order valence-electron chi connectivity index (χ4n) is 3.01. The largest absolute Gasteiger partial charge is 0.351 e. The Hall–Kier alpha value is -2.35. The lowest BCUT2D eigenvalue weighted by atomic mass is 9.80. The third kappa shape index (κ3) is 4.82. The van der Waals surface area contributed by atoms with Crippen molar-refractivity contribution in [2.45, 2.75) is 52.0 Å². The standard InChI is InChI=1S/C19H25N3O2/c1-19(2,3)22-18(24)14-10-8-13(9-11-14)17(23)21-16-7-5-4-6-15(16)12-20/h4-7,13-14H,8-11H2,1-3H3,(H,21,23)(H,22,24). The molecule has 0 spiro atoms. The minimum atomic E-state index is -0.230. The maximum absolute atomic E-state index is 12.4. The molecule has 0 bridgehead atoms. The normalized spacial score (nSPS) is 20.8. The summed E-state index contributed by atoms with van der Waals surface area (Å²) in [5.41, 5.74) is 0.786. The zero-order valence-electron chi connectivity index (χ0n) is 14.6. The molecule has 1 aromatic carbocycles. The first-order valence-electron chi connectivity index (χ1n) is 8.42. The Bertz CT molecular complexity index is 647. The van der Waals surface area contributed by atoms with Crippen LogP contribution in [0, 0.1) is 23.2 Å². The van der Waals surface area contributed by atoms with Crippen LogP contribution in [0.15, 0.2) is 24.3 Å². The molecular weight excluding hydrogens is 302 g/mol. The van der Waals surface area contributed by atoms with Gasteiger partial charge in [0.15, 0.2) is 0 Å². The van der Waals surface area contributed by atoms with Crippen LogP contribution in [0.4, 0.5) is 5.69 Å². The summed E-state index contributed by atoms with van der Waals surface area (Å²) in [6.07, 6.45) is 2.84. The first-order chi connectivity index (χ1) is 11.3. The molecule has 24 heavy (non-hydrogen) atoms. The topological polar surface area (TPSA) is 82.0 Å². The number of carbonyl (C=O) groups is 2. The molecule has 0 aliphatic heterocycles. The van der Waals surface area contributed by atoms with Crippen LogP contribution in [0.3, 0.4) is 0 Å². The van der Waals surface area contributed by atoms with Crippen molar-refractivity contribution >= 4 is 17.5 Å². The van der Waals surface area contributed by atoms with Crippen molar-refractivity contribution in [3.05, 3.63) is 29.8 Å². The molecule has 0 aromatic heterocycles. The molecule has 0 saturated heterocycles. The molecular formula is C19H25N3O2. The molecule has 5 nitrogen and oxygen atoms in total. The van der Waals surface area contributed by atoms with Crippen molar-refractivity contribution in [2.24, 2.45) is 11.8 Å². The molecule has 0 radical (unpaired) electrons. The zero-order valence-corrected chi connectivity index (χ0v) is 14.6. The molecule has 1 aromatic rings. The van der Waals surface area contributed by atoms with E-state index in [1.807, 2.05) is 20.8 Å². The van der Waals surface area contributed by atoms with E-state index in [0.29, 0.717) is 24.1 Å². The Labute approximate surface area is 143 Å². The van der Waals surface area contributed by atoms with E-state index in [1.165, 1.54) is 0 Å². The third-order valence-corrected chi connectivity index (χ3v) is 4.27. The van der Waals surface area contributed by atoms with Crippen molar-refractivity contribution in [3.63, 3.8) is 0 Å². The second-order valence-electron chi connectivity index (χ2n) is 7.43. The molecule has 2 N–H and O–H groups in total. The van der Waals surface area contributed by atoms with Gasteiger partial charge in [0.05, 0.1) is 11.3 Å². The van der Waals surface area contributed by atoms with Gasteiger partial charge >= 0.3 is 0 Å². The van der Waals surface area contributed by atoms with Gasteiger partial charge in [-0.2, -0.15) is 5.26 Å². The highest BCUT2D eigenvalue weighted by Gasteiger charge is 2.31. The smallest absolute Gasteiger partial charge is 0.227 e. The molecule has 1 aliphatic rings. The first kappa shape index (κ1) is 18.0. The van der Waals surface area contributed by atoms with E-state index in [0.717, 1.165) is 12.8 Å². The van der Waals surface area contributed by atoms with E-state index in [1.54, 1.807) is 24.3 Å². The number of nitriles is 1. The minimum absolute atomic E-state index is 0.0142. The van der Waals surface area contributed by atoms with E-state index in [2.05, 4.69) is 16.7 Å². The number of rotatable bonds is 3. The van der Waals surface area contributed by atoms with Gasteiger partial charge in [0.1, 0.15) is 6.07 Å². The highest BCUT2D eigenvalue weighted by molar-refractivity contribution is 5.94. The maximum atomic E-state index is 12.4. The lowest BCUT2D eigenvalue weighted by Crippen LogP contribution is -2.45. The van der Waals surface area contributed by atoms with Gasteiger partial charge < -0.3 is 10.6 Å². The fourth-order valence-corrected chi connectivity index (χ4v) is 3.01. The second-order valence-corrected chi connectivity index (χ2v) is 7.43. The predicted octanol–water partition coefficient (Wildman–Crippen LogP) is 3.22. The summed E-state index contributed by atoms with van der Waals surface area (Å²) in [7, 11) is 0. The summed E-state index contributed by atoms with van der Waals surface area (Å²) in [5.74, 6) is -0.0985. The summed E-state index contributed by atoms with van der Waals surface area (Å²) in [6.45, 7) is 5.91. The molecule has 0 heterocycles. The quantitative estimate of drug-likeness (QED) is 0.894. The number of hydrogen-bond acceptors (Lipinski definition) is 3. The van der Waals surface area contributed by atoms with Crippen molar-refractivity contribution < 1.29 is 9.59 Å². The van der Waals surface area contributed by atoms with Crippen LogP contribution in [0.1, 0.15) is 52.0 Å². The summed E-state index contributed by atoms with van der Waals surface area (Å²) < 4.78 is 0. The van der Waals surface area contributed by atoms with Crippen LogP contribution in [-0.2, 0) is 9.59 Å². The number of benzene rings is 1. The molecule has 0 unspecified atom stereocenters. The lowest BCUT2D eigenvalue weighted by molar-refractivity contribution is -0.129. The molecule has 5 heteroatoms. The molecule has 2 rings (SSSR count). The predicted molar refractivity (Wildman–Crippen MR) is 93.1 cm³/mol. The SMILES string of the molecule is CC(C)(C)NC(=O)C1CCC(C(=O)Nc2ccccc2C#N)CC1. The molecule has 2 amide bonds. The van der Waals surface area contributed by atoms with Gasteiger partial charge in [-0.15, -0.1) is 0 Å². The number of nitrogens with zero attached hydrogens (tertiary/aromatic N) is 1. The van der Waals surface area contributed by atoms with Crippen LogP contribution >= 0.6 is 0 Å². The lowest BCUT2D eigenvalue weighted by Gasteiger charge is -2.30. The Kier molecular flexibility index (Phi) is 5.61. The van der Waals surface area contributed by atoms with E-state index in [-0.39, 0.29) is 29.2 Å². The van der Waals surface area contributed by atoms with Crippen LogP contribution in [0.2, 0.25) is 0 Å². The average Bonchev–Trinajstić information content (AvgIpc) is 2.54. The van der Waals surface area contributed by atoms with Crippen molar-refractivity contribution in [2.75, 3.05) is 5.32 Å². The molecule has 1 saturated carbocycles. The van der Waals surface area contributed by atoms with Crippen LogP contribution in [-0.4, -0.2) is 17.4 Å². The van der Waals surface area contributed by atoms with Crippen molar-refractivity contribution in [1.29, 1.82) is 5.26 Å². The average molecular weight is 327 g/mol. The molecule has 128 valence electrons. The first-order valence-corrected chi connectivity index (χ1v) is 8.42. The van der Waals surface area contributed by atoms with Crippen LogP contribution in [0.5, 0.6) is 0 Å². The van der Waals surface area contributed by atoms with Gasteiger partial charge in [0.25, 0.3) is 0 Å². The summed E-state index contributed by atoms with van der Waals surface area (Å²) in [4.78, 5) is 24.6. The molecule has 1 fully saturated rings. The number of hydrogen-bond donors (Lipinski definition) is 2.